The third-order valence-electron chi connectivity index (χ3n) is 5.36. The maximum atomic E-state index is 12.7. The molecule has 2 heterocycles. The van der Waals surface area contributed by atoms with Crippen molar-refractivity contribution in [2.24, 2.45) is 5.73 Å². The van der Waals surface area contributed by atoms with Gasteiger partial charge in [0.05, 0.1) is 28.7 Å². The molecular weight excluding hydrogens is 366 g/mol. The fourth-order valence-electron chi connectivity index (χ4n) is 3.82. The predicted molar refractivity (Wildman–Crippen MR) is 114 cm³/mol. The summed E-state index contributed by atoms with van der Waals surface area (Å²) in [5.74, 6) is -0.613. The van der Waals surface area contributed by atoms with Crippen molar-refractivity contribution < 1.29 is 9.59 Å². The molecule has 0 radical (unpaired) electrons. The van der Waals surface area contributed by atoms with E-state index in [1.54, 1.807) is 18.5 Å². The summed E-state index contributed by atoms with van der Waals surface area (Å²) in [6, 6.07) is 13.1. The Hall–Kier alpha value is -3.35. The Morgan fingerprint density at radius 2 is 1.86 bits per heavy atom. The van der Waals surface area contributed by atoms with Crippen LogP contribution in [0.15, 0.2) is 48.8 Å². The molecule has 0 aliphatic carbocycles. The summed E-state index contributed by atoms with van der Waals surface area (Å²) in [4.78, 5) is 30.9. The fourth-order valence-corrected chi connectivity index (χ4v) is 3.82. The Balaban J connectivity index is 1.50. The number of hydrogen-bond acceptors (Lipinski definition) is 4. The Labute approximate surface area is 169 Å². The molecule has 4 rings (SSSR count). The number of primary amides is 1. The van der Waals surface area contributed by atoms with Crippen molar-refractivity contribution in [2.45, 2.75) is 32.2 Å². The number of anilines is 2. The van der Waals surface area contributed by atoms with Gasteiger partial charge in [0.15, 0.2) is 0 Å². The van der Waals surface area contributed by atoms with Gasteiger partial charge >= 0.3 is 0 Å². The molecule has 29 heavy (non-hydrogen) atoms. The largest absolute Gasteiger partial charge is 0.370 e. The molecule has 0 unspecified atom stereocenters. The Morgan fingerprint density at radius 1 is 1.07 bits per heavy atom. The number of aryl methyl sites for hydroxylation is 1. The molecule has 3 N–H and O–H groups in total. The first-order valence-corrected chi connectivity index (χ1v) is 10.0. The number of piperidine rings is 1. The summed E-state index contributed by atoms with van der Waals surface area (Å²) in [6.07, 6.45) is 5.53. The van der Waals surface area contributed by atoms with Gasteiger partial charge in [-0.3, -0.25) is 9.59 Å². The van der Waals surface area contributed by atoms with Crippen LogP contribution in [-0.2, 0) is 11.3 Å². The third-order valence-corrected chi connectivity index (χ3v) is 5.36. The average molecular weight is 391 g/mol. The Kier molecular flexibility index (Phi) is 5.46. The van der Waals surface area contributed by atoms with Crippen LogP contribution in [0.2, 0.25) is 0 Å². The number of carbonyl (C=O) groups is 2. The zero-order chi connectivity index (χ0) is 20.2. The lowest BCUT2D eigenvalue weighted by molar-refractivity contribution is -0.116. The van der Waals surface area contributed by atoms with Gasteiger partial charge in [-0.15, -0.1) is 0 Å². The molecule has 150 valence electrons. The maximum absolute atomic E-state index is 12.7. The van der Waals surface area contributed by atoms with Crippen LogP contribution in [0.5, 0.6) is 0 Å². The molecule has 0 bridgehead atoms. The van der Waals surface area contributed by atoms with Gasteiger partial charge < -0.3 is 20.5 Å². The Bertz CT molecular complexity index is 1040. The van der Waals surface area contributed by atoms with E-state index >= 15 is 0 Å². The van der Waals surface area contributed by atoms with Gasteiger partial charge in [0.1, 0.15) is 0 Å². The van der Waals surface area contributed by atoms with Crippen LogP contribution in [-0.4, -0.2) is 34.5 Å². The number of benzene rings is 2. The number of fused-ring (bicyclic) bond motifs is 1. The second-order valence-corrected chi connectivity index (χ2v) is 7.37. The van der Waals surface area contributed by atoms with E-state index in [-0.39, 0.29) is 5.91 Å². The minimum absolute atomic E-state index is 0.109. The van der Waals surface area contributed by atoms with Crippen LogP contribution in [0, 0.1) is 0 Å². The third kappa shape index (κ3) is 4.23. The summed E-state index contributed by atoms with van der Waals surface area (Å²) in [7, 11) is 0. The highest BCUT2D eigenvalue weighted by Crippen LogP contribution is 2.30. The lowest BCUT2D eigenvalue weighted by atomic mass is 10.1. The molecule has 7 nitrogen and oxygen atoms in total. The minimum atomic E-state index is -0.504. The SMILES string of the molecule is NC(=O)c1ccc(N2CCCCC2)c(NC(=O)CCn2cnc3ccccc32)c1. The van der Waals surface area contributed by atoms with Crippen LogP contribution in [0.4, 0.5) is 11.4 Å². The predicted octanol–water partition coefficient (Wildman–Crippen LogP) is 3.15. The molecule has 2 amide bonds. The van der Waals surface area contributed by atoms with Gasteiger partial charge in [-0.2, -0.15) is 0 Å². The van der Waals surface area contributed by atoms with Gasteiger partial charge in [-0.1, -0.05) is 12.1 Å². The fraction of sp³-hybridized carbons (Fsp3) is 0.318. The monoisotopic (exact) mass is 391 g/mol. The number of carbonyl (C=O) groups excluding carboxylic acids is 2. The van der Waals surface area contributed by atoms with Gasteiger partial charge in [0.2, 0.25) is 11.8 Å². The quantitative estimate of drug-likeness (QED) is 0.675. The van der Waals surface area contributed by atoms with Crippen molar-refractivity contribution in [3.63, 3.8) is 0 Å². The molecule has 1 aliphatic rings. The van der Waals surface area contributed by atoms with E-state index in [1.807, 2.05) is 34.9 Å². The molecule has 7 heteroatoms. The zero-order valence-electron chi connectivity index (χ0n) is 16.3. The van der Waals surface area contributed by atoms with E-state index in [0.29, 0.717) is 24.2 Å². The van der Waals surface area contributed by atoms with Crippen molar-refractivity contribution in [3.8, 4) is 0 Å². The summed E-state index contributed by atoms with van der Waals surface area (Å²) in [6.45, 7) is 2.42. The van der Waals surface area contributed by atoms with Gasteiger partial charge in [0.25, 0.3) is 0 Å². The van der Waals surface area contributed by atoms with Gasteiger partial charge in [-0.25, -0.2) is 4.98 Å². The number of nitrogens with one attached hydrogen (secondary N) is 1. The molecule has 3 aromatic rings. The zero-order valence-corrected chi connectivity index (χ0v) is 16.3. The summed E-state index contributed by atoms with van der Waals surface area (Å²) >= 11 is 0. The lowest BCUT2D eigenvalue weighted by Gasteiger charge is -2.30. The molecule has 0 spiro atoms. The molecule has 2 aromatic carbocycles. The average Bonchev–Trinajstić information content (AvgIpc) is 3.16. The highest BCUT2D eigenvalue weighted by molar-refractivity contribution is 5.99. The second-order valence-electron chi connectivity index (χ2n) is 7.37. The van der Waals surface area contributed by atoms with Crippen molar-refractivity contribution in [1.29, 1.82) is 0 Å². The summed E-state index contributed by atoms with van der Waals surface area (Å²) < 4.78 is 1.97. The van der Waals surface area contributed by atoms with E-state index in [1.165, 1.54) is 6.42 Å². The van der Waals surface area contributed by atoms with E-state index < -0.39 is 5.91 Å². The second kappa shape index (κ2) is 8.34. The number of rotatable bonds is 6. The number of hydrogen-bond donors (Lipinski definition) is 2. The molecule has 0 saturated carbocycles. The van der Waals surface area contributed by atoms with E-state index in [2.05, 4.69) is 15.2 Å². The smallest absolute Gasteiger partial charge is 0.248 e. The minimum Gasteiger partial charge on any atom is -0.370 e. The molecule has 1 saturated heterocycles. The summed E-state index contributed by atoms with van der Waals surface area (Å²) in [5, 5.41) is 2.99. The van der Waals surface area contributed by atoms with Crippen molar-refractivity contribution in [1.82, 2.24) is 9.55 Å². The highest BCUT2D eigenvalue weighted by Gasteiger charge is 2.17. The first-order chi connectivity index (χ1) is 14.1. The number of amides is 2. The first kappa shape index (κ1) is 19.0. The van der Waals surface area contributed by atoms with Crippen LogP contribution in [0.1, 0.15) is 36.0 Å². The van der Waals surface area contributed by atoms with Crippen LogP contribution in [0.25, 0.3) is 11.0 Å². The Morgan fingerprint density at radius 3 is 2.66 bits per heavy atom. The van der Waals surface area contributed by atoms with Crippen molar-refractivity contribution in [2.75, 3.05) is 23.3 Å². The number of para-hydroxylation sites is 2. The highest BCUT2D eigenvalue weighted by atomic mass is 16.2. The molecule has 1 aromatic heterocycles. The summed E-state index contributed by atoms with van der Waals surface area (Å²) in [5.41, 5.74) is 9.33. The normalized spacial score (nSPS) is 14.1. The maximum Gasteiger partial charge on any atom is 0.248 e. The molecule has 1 aliphatic heterocycles. The number of aromatic nitrogens is 2. The standard InChI is InChI=1S/C22H25N5O2/c23-22(29)16-8-9-20(26-11-4-1-5-12-26)18(14-16)25-21(28)10-13-27-15-24-17-6-2-3-7-19(17)27/h2-3,6-9,14-15H,1,4-5,10-13H2,(H2,23,29)(H,25,28). The van der Waals surface area contributed by atoms with E-state index in [9.17, 15) is 9.59 Å². The number of imidazole rings is 1. The van der Waals surface area contributed by atoms with Crippen molar-refractivity contribution in [3.05, 3.63) is 54.4 Å². The van der Waals surface area contributed by atoms with Crippen LogP contribution in [0.3, 0.4) is 0 Å². The topological polar surface area (TPSA) is 93.3 Å². The van der Waals surface area contributed by atoms with Crippen molar-refractivity contribution >= 4 is 34.2 Å². The van der Waals surface area contributed by atoms with Gasteiger partial charge in [0, 0.05) is 31.6 Å². The first-order valence-electron chi connectivity index (χ1n) is 10.0. The molecule has 0 atom stereocenters. The molecule has 1 fully saturated rings. The van der Waals surface area contributed by atoms with Crippen LogP contribution < -0.4 is 16.0 Å². The molecular formula is C22H25N5O2. The number of nitrogens with zero attached hydrogens (tertiary/aromatic N) is 3. The lowest BCUT2D eigenvalue weighted by Crippen LogP contribution is -2.30. The van der Waals surface area contributed by atoms with E-state index in [0.717, 1.165) is 42.7 Å². The van der Waals surface area contributed by atoms with Gasteiger partial charge in [-0.05, 0) is 49.6 Å². The van der Waals surface area contributed by atoms with E-state index in [4.69, 9.17) is 5.73 Å². The number of nitrogens with two attached hydrogens (primary N) is 1. The van der Waals surface area contributed by atoms with Crippen LogP contribution >= 0.6 is 0 Å².